The van der Waals surface area contributed by atoms with Gasteiger partial charge < -0.3 is 14.8 Å². The topological polar surface area (TPSA) is 63.7 Å². The number of nitrogens with one attached hydrogen (secondary N) is 1. The summed E-state index contributed by atoms with van der Waals surface area (Å²) in [6.07, 6.45) is -4.39. The first-order valence-corrected chi connectivity index (χ1v) is 9.58. The predicted molar refractivity (Wildman–Crippen MR) is 104 cm³/mol. The summed E-state index contributed by atoms with van der Waals surface area (Å²) in [4.78, 5) is 18.9. The number of carbonyl (C=O) groups excluding carboxylic acids is 1. The molecule has 1 aliphatic rings. The van der Waals surface area contributed by atoms with Gasteiger partial charge in [-0.1, -0.05) is 12.1 Å². The van der Waals surface area contributed by atoms with Crippen molar-refractivity contribution in [3.05, 3.63) is 58.8 Å². The molecule has 30 heavy (non-hydrogen) atoms. The third-order valence-corrected chi connectivity index (χ3v) is 4.97. The first-order chi connectivity index (χ1) is 14.3. The number of hydrogen-bond donors (Lipinski definition) is 1. The van der Waals surface area contributed by atoms with E-state index in [1.54, 1.807) is 19.1 Å². The number of hydrogen-bond acceptors (Lipinski definition) is 5. The summed E-state index contributed by atoms with van der Waals surface area (Å²) in [5, 5.41) is 2.89. The van der Waals surface area contributed by atoms with Crippen molar-refractivity contribution in [3.63, 3.8) is 0 Å². The summed E-state index contributed by atoms with van der Waals surface area (Å²) in [5.74, 6) is 0.0385. The van der Waals surface area contributed by atoms with Gasteiger partial charge in [-0.3, -0.25) is 9.69 Å². The number of methoxy groups -OCH3 is 1. The van der Waals surface area contributed by atoms with Crippen molar-refractivity contribution in [1.82, 2.24) is 15.2 Å². The van der Waals surface area contributed by atoms with Crippen LogP contribution < -0.4 is 10.1 Å². The quantitative estimate of drug-likeness (QED) is 0.773. The molecule has 3 rings (SSSR count). The number of amides is 1. The van der Waals surface area contributed by atoms with Crippen molar-refractivity contribution in [1.29, 1.82) is 0 Å². The zero-order valence-electron chi connectivity index (χ0n) is 16.8. The molecule has 1 amide bonds. The smallest absolute Gasteiger partial charge is 0.416 e. The van der Waals surface area contributed by atoms with E-state index < -0.39 is 11.7 Å². The number of nitrogens with zero attached hydrogens (tertiary/aromatic N) is 2. The second-order valence-electron chi connectivity index (χ2n) is 7.03. The maximum absolute atomic E-state index is 12.9. The molecule has 1 atom stereocenters. The Morgan fingerprint density at radius 1 is 1.23 bits per heavy atom. The first-order valence-electron chi connectivity index (χ1n) is 9.58. The number of aromatic nitrogens is 1. The highest BCUT2D eigenvalue weighted by Gasteiger charge is 2.31. The van der Waals surface area contributed by atoms with Gasteiger partial charge in [-0.15, -0.1) is 0 Å². The van der Waals surface area contributed by atoms with Crippen LogP contribution in [-0.4, -0.2) is 55.7 Å². The van der Waals surface area contributed by atoms with E-state index in [1.807, 2.05) is 0 Å². The number of ether oxygens (including phenoxy) is 2. The van der Waals surface area contributed by atoms with Gasteiger partial charge in [-0.25, -0.2) is 4.98 Å². The highest BCUT2D eigenvalue weighted by atomic mass is 19.4. The van der Waals surface area contributed by atoms with Crippen LogP contribution in [0.5, 0.6) is 5.88 Å². The van der Waals surface area contributed by atoms with Crippen LogP contribution in [0.2, 0.25) is 0 Å². The third-order valence-electron chi connectivity index (χ3n) is 4.97. The second kappa shape index (κ2) is 9.44. The number of aryl methyl sites for hydroxylation is 1. The lowest BCUT2D eigenvalue weighted by Gasteiger charge is -2.35. The van der Waals surface area contributed by atoms with Crippen molar-refractivity contribution < 1.29 is 27.4 Å². The van der Waals surface area contributed by atoms with Crippen molar-refractivity contribution in [2.24, 2.45) is 0 Å². The maximum atomic E-state index is 12.9. The molecule has 1 aromatic heterocycles. The van der Waals surface area contributed by atoms with Gasteiger partial charge in [0.1, 0.15) is 0 Å². The number of benzene rings is 1. The van der Waals surface area contributed by atoms with Crippen LogP contribution in [0.3, 0.4) is 0 Å². The Bertz CT molecular complexity index is 866. The van der Waals surface area contributed by atoms with Crippen LogP contribution >= 0.6 is 0 Å². The molecule has 1 aliphatic heterocycles. The molecule has 9 heteroatoms. The zero-order chi connectivity index (χ0) is 21.7. The molecule has 6 nitrogen and oxygen atoms in total. The fourth-order valence-electron chi connectivity index (χ4n) is 3.41. The molecule has 1 fully saturated rings. The molecule has 0 saturated carbocycles. The Morgan fingerprint density at radius 3 is 2.50 bits per heavy atom. The van der Waals surface area contributed by atoms with E-state index in [0.29, 0.717) is 49.0 Å². The molecule has 0 aliphatic carbocycles. The average Bonchev–Trinajstić information content (AvgIpc) is 2.73. The van der Waals surface area contributed by atoms with Crippen LogP contribution in [0.25, 0.3) is 0 Å². The Labute approximate surface area is 173 Å². The average molecular weight is 423 g/mol. The molecule has 2 heterocycles. The molecule has 0 unspecified atom stereocenters. The molecule has 0 bridgehead atoms. The van der Waals surface area contributed by atoms with Crippen LogP contribution in [0.4, 0.5) is 13.2 Å². The lowest BCUT2D eigenvalue weighted by Crippen LogP contribution is -2.43. The van der Waals surface area contributed by atoms with E-state index in [4.69, 9.17) is 9.47 Å². The summed E-state index contributed by atoms with van der Waals surface area (Å²) >= 11 is 0. The van der Waals surface area contributed by atoms with E-state index in [-0.39, 0.29) is 18.5 Å². The monoisotopic (exact) mass is 423 g/mol. The SMILES string of the molecule is COc1cc(C(=O)NC[C@@H](c2ccc(C(F)(F)F)cc2)N2CCOCC2)cc(C)n1. The minimum absolute atomic E-state index is 0.244. The van der Waals surface area contributed by atoms with Gasteiger partial charge in [0.05, 0.1) is 31.9 Å². The Morgan fingerprint density at radius 2 is 1.90 bits per heavy atom. The molecule has 1 N–H and O–H groups in total. The highest BCUT2D eigenvalue weighted by molar-refractivity contribution is 5.94. The summed E-state index contributed by atoms with van der Waals surface area (Å²) in [7, 11) is 1.47. The number of alkyl halides is 3. The summed E-state index contributed by atoms with van der Waals surface area (Å²) in [5.41, 5.74) is 1.06. The van der Waals surface area contributed by atoms with Crippen molar-refractivity contribution in [3.8, 4) is 5.88 Å². The Kier molecular flexibility index (Phi) is 6.94. The summed E-state index contributed by atoms with van der Waals surface area (Å²) in [6.45, 7) is 4.33. The minimum atomic E-state index is -4.39. The Hall–Kier alpha value is -2.65. The number of halogens is 3. The van der Waals surface area contributed by atoms with Gasteiger partial charge in [0, 0.05) is 37.0 Å². The van der Waals surface area contributed by atoms with E-state index in [2.05, 4.69) is 15.2 Å². The zero-order valence-corrected chi connectivity index (χ0v) is 16.8. The summed E-state index contributed by atoms with van der Waals surface area (Å²) in [6, 6.07) is 8.00. The molecule has 2 aromatic rings. The molecular weight excluding hydrogens is 399 g/mol. The van der Waals surface area contributed by atoms with Gasteiger partial charge in [0.2, 0.25) is 5.88 Å². The van der Waals surface area contributed by atoms with Gasteiger partial charge in [0.15, 0.2) is 0 Å². The molecule has 1 aromatic carbocycles. The van der Waals surface area contributed by atoms with Crippen LogP contribution in [0, 0.1) is 6.92 Å². The second-order valence-corrected chi connectivity index (χ2v) is 7.03. The van der Waals surface area contributed by atoms with Crippen molar-refractivity contribution in [2.45, 2.75) is 19.1 Å². The standard InChI is InChI=1S/C21H24F3N3O3/c1-14-11-16(12-19(26-14)29-2)20(28)25-13-18(27-7-9-30-10-8-27)15-3-5-17(6-4-15)21(22,23)24/h3-6,11-12,18H,7-10,13H2,1-2H3,(H,25,28)/t18-/m0/s1. The van der Waals surface area contributed by atoms with E-state index in [0.717, 1.165) is 12.1 Å². The number of morpholine rings is 1. The van der Waals surface area contributed by atoms with E-state index >= 15 is 0 Å². The largest absolute Gasteiger partial charge is 0.481 e. The number of rotatable bonds is 6. The van der Waals surface area contributed by atoms with Crippen molar-refractivity contribution >= 4 is 5.91 Å². The molecule has 0 radical (unpaired) electrons. The number of pyridine rings is 1. The van der Waals surface area contributed by atoms with E-state index in [9.17, 15) is 18.0 Å². The Balaban J connectivity index is 1.78. The van der Waals surface area contributed by atoms with Gasteiger partial charge in [-0.05, 0) is 30.7 Å². The molecular formula is C21H24F3N3O3. The molecule has 0 spiro atoms. The molecule has 1 saturated heterocycles. The molecule has 162 valence electrons. The highest BCUT2D eigenvalue weighted by Crippen LogP contribution is 2.31. The minimum Gasteiger partial charge on any atom is -0.481 e. The summed E-state index contributed by atoms with van der Waals surface area (Å²) < 4.78 is 49.2. The van der Waals surface area contributed by atoms with Crippen LogP contribution in [0.15, 0.2) is 36.4 Å². The van der Waals surface area contributed by atoms with Crippen LogP contribution in [-0.2, 0) is 10.9 Å². The lowest BCUT2D eigenvalue weighted by molar-refractivity contribution is -0.137. The fraction of sp³-hybridized carbons (Fsp3) is 0.429. The van der Waals surface area contributed by atoms with Gasteiger partial charge >= 0.3 is 6.18 Å². The van der Waals surface area contributed by atoms with Gasteiger partial charge in [0.25, 0.3) is 5.91 Å². The van der Waals surface area contributed by atoms with Crippen LogP contribution in [0.1, 0.15) is 33.2 Å². The third kappa shape index (κ3) is 5.48. The maximum Gasteiger partial charge on any atom is 0.416 e. The van der Waals surface area contributed by atoms with Gasteiger partial charge in [-0.2, -0.15) is 13.2 Å². The normalized spacial score (nSPS) is 16.2. The number of carbonyl (C=O) groups is 1. The predicted octanol–water partition coefficient (Wildman–Crippen LogP) is 3.22. The first kappa shape index (κ1) is 22.0. The lowest BCUT2D eigenvalue weighted by atomic mass is 10.0. The van der Waals surface area contributed by atoms with E-state index in [1.165, 1.54) is 19.2 Å². The van der Waals surface area contributed by atoms with Crippen molar-refractivity contribution in [2.75, 3.05) is 40.0 Å². The fourth-order valence-corrected chi connectivity index (χ4v) is 3.41.